The summed E-state index contributed by atoms with van der Waals surface area (Å²) in [5.41, 5.74) is 2.99. The lowest BCUT2D eigenvalue weighted by Gasteiger charge is -2.21. The van der Waals surface area contributed by atoms with Crippen LogP contribution in [0.25, 0.3) is 11.3 Å². The van der Waals surface area contributed by atoms with Crippen LogP contribution in [0.15, 0.2) is 24.3 Å². The van der Waals surface area contributed by atoms with Crippen molar-refractivity contribution < 1.29 is 14.7 Å². The van der Waals surface area contributed by atoms with Crippen molar-refractivity contribution in [1.29, 1.82) is 0 Å². The first-order valence-corrected chi connectivity index (χ1v) is 8.83. The van der Waals surface area contributed by atoms with Gasteiger partial charge in [0.1, 0.15) is 6.04 Å². The molecule has 0 saturated carbocycles. The van der Waals surface area contributed by atoms with Crippen molar-refractivity contribution in [3.8, 4) is 11.3 Å². The molecule has 5 nitrogen and oxygen atoms in total. The fourth-order valence-corrected chi connectivity index (χ4v) is 4.04. The number of hydrogen-bond donors (Lipinski definition) is 1. The Balaban J connectivity index is 1.84. The number of carboxylic acid groups (broad SMARTS) is 1. The van der Waals surface area contributed by atoms with Gasteiger partial charge in [-0.2, -0.15) is 0 Å². The number of nitrogens with zero attached hydrogens (tertiary/aromatic N) is 2. The number of carbonyl (C=O) groups is 2. The van der Waals surface area contributed by atoms with Crippen LogP contribution in [-0.2, 0) is 16.0 Å². The van der Waals surface area contributed by atoms with E-state index >= 15 is 0 Å². The highest BCUT2D eigenvalue weighted by Crippen LogP contribution is 2.30. The lowest BCUT2D eigenvalue weighted by atomic mass is 10.1. The second kappa shape index (κ2) is 6.73. The zero-order valence-corrected chi connectivity index (χ0v) is 14.6. The Hall–Kier alpha value is -2.21. The molecule has 2 heterocycles. The third-order valence-electron chi connectivity index (χ3n) is 4.30. The van der Waals surface area contributed by atoms with Crippen molar-refractivity contribution in [1.82, 2.24) is 9.88 Å². The number of carboxylic acids is 1. The molecule has 1 aliphatic rings. The molecule has 24 heavy (non-hydrogen) atoms. The van der Waals surface area contributed by atoms with Crippen LogP contribution in [0.1, 0.15) is 28.3 Å². The largest absolute Gasteiger partial charge is 0.480 e. The Kier molecular flexibility index (Phi) is 4.66. The third kappa shape index (κ3) is 3.33. The summed E-state index contributed by atoms with van der Waals surface area (Å²) in [6.45, 7) is 4.47. The number of likely N-dealkylation sites (tertiary alicyclic amines) is 1. The minimum absolute atomic E-state index is 0.128. The molecule has 1 N–H and O–H groups in total. The highest BCUT2D eigenvalue weighted by Gasteiger charge is 2.34. The first kappa shape index (κ1) is 16.6. The van der Waals surface area contributed by atoms with Gasteiger partial charge in [-0.15, -0.1) is 11.3 Å². The first-order chi connectivity index (χ1) is 11.5. The van der Waals surface area contributed by atoms with Crippen LogP contribution in [0.5, 0.6) is 0 Å². The lowest BCUT2D eigenvalue weighted by molar-refractivity contribution is -0.147. The second-order valence-electron chi connectivity index (χ2n) is 6.13. The van der Waals surface area contributed by atoms with Crippen molar-refractivity contribution >= 4 is 23.2 Å². The fourth-order valence-electron chi connectivity index (χ4n) is 3.09. The van der Waals surface area contributed by atoms with Gasteiger partial charge in [-0.3, -0.25) is 4.79 Å². The highest BCUT2D eigenvalue weighted by atomic mass is 32.1. The quantitative estimate of drug-likeness (QED) is 0.925. The van der Waals surface area contributed by atoms with E-state index in [-0.39, 0.29) is 12.3 Å². The van der Waals surface area contributed by atoms with E-state index in [0.29, 0.717) is 13.0 Å². The van der Waals surface area contributed by atoms with Gasteiger partial charge in [-0.25, -0.2) is 9.78 Å². The Morgan fingerprint density at radius 2 is 2.00 bits per heavy atom. The van der Waals surface area contributed by atoms with Gasteiger partial charge in [0.25, 0.3) is 0 Å². The SMILES string of the molecule is Cc1ccc(-c2nc(C)sc2CC(=O)N2CCC[C@@H]2C(=O)O)cc1. The van der Waals surface area contributed by atoms with E-state index in [9.17, 15) is 14.7 Å². The van der Waals surface area contributed by atoms with Gasteiger partial charge in [-0.1, -0.05) is 29.8 Å². The molecule has 0 spiro atoms. The average Bonchev–Trinajstić information content (AvgIpc) is 3.15. The maximum absolute atomic E-state index is 12.6. The number of benzene rings is 1. The van der Waals surface area contributed by atoms with Gasteiger partial charge in [0.15, 0.2) is 0 Å². The monoisotopic (exact) mass is 344 g/mol. The molecule has 1 aromatic heterocycles. The van der Waals surface area contributed by atoms with Crippen LogP contribution >= 0.6 is 11.3 Å². The zero-order chi connectivity index (χ0) is 17.3. The maximum Gasteiger partial charge on any atom is 0.326 e. The molecule has 1 atom stereocenters. The summed E-state index contributed by atoms with van der Waals surface area (Å²) >= 11 is 1.50. The molecule has 3 rings (SSSR count). The molecule has 1 saturated heterocycles. The minimum atomic E-state index is -0.917. The van der Waals surface area contributed by atoms with Crippen LogP contribution in [0.2, 0.25) is 0 Å². The van der Waals surface area contributed by atoms with Gasteiger partial charge >= 0.3 is 5.97 Å². The maximum atomic E-state index is 12.6. The molecular formula is C18H20N2O3S. The molecule has 1 aromatic carbocycles. The topological polar surface area (TPSA) is 70.5 Å². The highest BCUT2D eigenvalue weighted by molar-refractivity contribution is 7.12. The van der Waals surface area contributed by atoms with Crippen LogP contribution in [0.3, 0.4) is 0 Å². The zero-order valence-electron chi connectivity index (χ0n) is 13.8. The molecule has 126 valence electrons. The standard InChI is InChI=1S/C18H20N2O3S/c1-11-5-7-13(8-6-11)17-15(24-12(2)19-17)10-16(21)20-9-3-4-14(20)18(22)23/h5-8,14H,3-4,9-10H2,1-2H3,(H,22,23)/t14-/m1/s1. The second-order valence-corrected chi connectivity index (χ2v) is 7.42. The summed E-state index contributed by atoms with van der Waals surface area (Å²) < 4.78 is 0. The van der Waals surface area contributed by atoms with Crippen LogP contribution in [0.4, 0.5) is 0 Å². The number of aliphatic carboxylic acids is 1. The van der Waals surface area contributed by atoms with Crippen molar-refractivity contribution in [2.24, 2.45) is 0 Å². The Morgan fingerprint density at radius 1 is 1.29 bits per heavy atom. The Labute approximate surface area is 145 Å². The van der Waals surface area contributed by atoms with Crippen LogP contribution in [0, 0.1) is 13.8 Å². The first-order valence-electron chi connectivity index (χ1n) is 8.01. The summed E-state index contributed by atoms with van der Waals surface area (Å²) in [5, 5.41) is 10.2. The average molecular weight is 344 g/mol. The van der Waals surface area contributed by atoms with Crippen LogP contribution < -0.4 is 0 Å². The summed E-state index contributed by atoms with van der Waals surface area (Å²) in [6, 6.07) is 7.38. The molecule has 0 bridgehead atoms. The summed E-state index contributed by atoms with van der Waals surface area (Å²) in [6.07, 6.45) is 1.49. The van der Waals surface area contributed by atoms with Gasteiger partial charge in [-0.05, 0) is 26.7 Å². The number of aryl methyl sites for hydroxylation is 2. The van der Waals surface area contributed by atoms with E-state index in [1.165, 1.54) is 21.8 Å². The number of thiazole rings is 1. The number of rotatable bonds is 4. The fraction of sp³-hybridized carbons (Fsp3) is 0.389. The summed E-state index contributed by atoms with van der Waals surface area (Å²) in [7, 11) is 0. The lowest BCUT2D eigenvalue weighted by Crippen LogP contribution is -2.41. The number of aromatic nitrogens is 1. The Bertz CT molecular complexity index is 767. The van der Waals surface area contributed by atoms with E-state index in [4.69, 9.17) is 0 Å². The van der Waals surface area contributed by atoms with Crippen molar-refractivity contribution in [3.63, 3.8) is 0 Å². The molecule has 1 fully saturated rings. The van der Waals surface area contributed by atoms with Crippen LogP contribution in [-0.4, -0.2) is 39.5 Å². The molecule has 0 radical (unpaired) electrons. The van der Waals surface area contributed by atoms with Crippen molar-refractivity contribution in [2.45, 2.75) is 39.2 Å². The number of carbonyl (C=O) groups excluding carboxylic acids is 1. The molecular weight excluding hydrogens is 324 g/mol. The third-order valence-corrected chi connectivity index (χ3v) is 5.27. The van der Waals surface area contributed by atoms with Gasteiger partial charge in [0, 0.05) is 17.0 Å². The van der Waals surface area contributed by atoms with Gasteiger partial charge < -0.3 is 10.0 Å². The van der Waals surface area contributed by atoms with E-state index < -0.39 is 12.0 Å². The molecule has 2 aromatic rings. The van der Waals surface area contributed by atoms with E-state index in [2.05, 4.69) is 4.98 Å². The van der Waals surface area contributed by atoms with Crippen molar-refractivity contribution in [2.75, 3.05) is 6.54 Å². The summed E-state index contributed by atoms with van der Waals surface area (Å²) in [4.78, 5) is 30.9. The Morgan fingerprint density at radius 3 is 2.67 bits per heavy atom. The normalized spacial score (nSPS) is 17.2. The summed E-state index contributed by atoms with van der Waals surface area (Å²) in [5.74, 6) is -1.04. The molecule has 6 heteroatoms. The number of amides is 1. The number of hydrogen-bond acceptors (Lipinski definition) is 4. The minimum Gasteiger partial charge on any atom is -0.480 e. The van der Waals surface area contributed by atoms with Crippen molar-refractivity contribution in [3.05, 3.63) is 39.7 Å². The predicted octanol–water partition coefficient (Wildman–Crippen LogP) is 3.05. The van der Waals surface area contributed by atoms with E-state index in [0.717, 1.165) is 27.6 Å². The predicted molar refractivity (Wildman–Crippen MR) is 93.1 cm³/mol. The molecule has 0 unspecified atom stereocenters. The molecule has 1 aliphatic heterocycles. The van der Waals surface area contributed by atoms with Gasteiger partial charge in [0.2, 0.25) is 5.91 Å². The molecule has 0 aliphatic carbocycles. The van der Waals surface area contributed by atoms with Gasteiger partial charge in [0.05, 0.1) is 17.1 Å². The smallest absolute Gasteiger partial charge is 0.326 e. The molecule has 1 amide bonds. The van der Waals surface area contributed by atoms with E-state index in [1.54, 1.807) is 0 Å². The van der Waals surface area contributed by atoms with E-state index in [1.807, 2.05) is 38.1 Å².